The largest absolute Gasteiger partial charge is 0.351 e. The summed E-state index contributed by atoms with van der Waals surface area (Å²) in [6.45, 7) is 0.357. The summed E-state index contributed by atoms with van der Waals surface area (Å²) < 4.78 is 26.0. The molecule has 110 valence electrons. The summed E-state index contributed by atoms with van der Waals surface area (Å²) in [6.07, 6.45) is 1.68. The Bertz CT molecular complexity index is 640. The van der Waals surface area contributed by atoms with Crippen LogP contribution in [0.25, 0.3) is 0 Å². The highest BCUT2D eigenvalue weighted by Gasteiger charge is 2.14. The Morgan fingerprint density at radius 2 is 2.05 bits per heavy atom. The first-order chi connectivity index (χ1) is 10.1. The third kappa shape index (κ3) is 4.41. The number of benzene rings is 1. The molecule has 0 aliphatic rings. The van der Waals surface area contributed by atoms with Gasteiger partial charge in [-0.15, -0.1) is 11.8 Å². The summed E-state index contributed by atoms with van der Waals surface area (Å²) in [6, 6.07) is 7.12. The molecule has 0 aliphatic heterocycles. The first kappa shape index (κ1) is 15.7. The molecule has 3 nitrogen and oxygen atoms in total. The van der Waals surface area contributed by atoms with Crippen molar-refractivity contribution in [2.45, 2.75) is 5.03 Å². The average Bonchev–Trinajstić information content (AvgIpc) is 2.48. The van der Waals surface area contributed by atoms with Crippen LogP contribution in [0.3, 0.4) is 0 Å². The number of pyridine rings is 1. The molecule has 0 bridgehead atoms. The van der Waals surface area contributed by atoms with E-state index in [0.29, 0.717) is 12.3 Å². The smallest absolute Gasteiger partial charge is 0.252 e. The van der Waals surface area contributed by atoms with Gasteiger partial charge in [0, 0.05) is 18.5 Å². The monoisotopic (exact) mass is 328 g/mol. The lowest BCUT2D eigenvalue weighted by Crippen LogP contribution is -2.26. The van der Waals surface area contributed by atoms with Gasteiger partial charge in [0.05, 0.1) is 15.6 Å². The van der Waals surface area contributed by atoms with Gasteiger partial charge in [0.1, 0.15) is 0 Å². The predicted molar refractivity (Wildman–Crippen MR) is 78.7 cm³/mol. The third-order valence-electron chi connectivity index (χ3n) is 2.53. The molecule has 0 fully saturated rings. The van der Waals surface area contributed by atoms with Crippen molar-refractivity contribution in [2.75, 3.05) is 12.3 Å². The number of nitrogens with zero attached hydrogens (tertiary/aromatic N) is 1. The van der Waals surface area contributed by atoms with E-state index in [2.05, 4.69) is 10.3 Å². The van der Waals surface area contributed by atoms with Gasteiger partial charge in [-0.25, -0.2) is 13.8 Å². The van der Waals surface area contributed by atoms with Crippen LogP contribution in [-0.4, -0.2) is 23.2 Å². The summed E-state index contributed by atoms with van der Waals surface area (Å²) in [5.41, 5.74) is -0.0848. The van der Waals surface area contributed by atoms with Crippen molar-refractivity contribution in [3.63, 3.8) is 0 Å². The quantitative estimate of drug-likeness (QED) is 0.518. The zero-order valence-electron chi connectivity index (χ0n) is 10.8. The summed E-state index contributed by atoms with van der Waals surface area (Å²) in [5, 5.41) is 3.32. The minimum atomic E-state index is -1.10. The molecule has 0 radical (unpaired) electrons. The molecule has 1 aromatic heterocycles. The van der Waals surface area contributed by atoms with Crippen LogP contribution in [0.15, 0.2) is 41.6 Å². The van der Waals surface area contributed by atoms with E-state index in [1.54, 1.807) is 6.20 Å². The molecule has 0 saturated carbocycles. The molecule has 0 atom stereocenters. The number of hydrogen-bond acceptors (Lipinski definition) is 3. The Balaban J connectivity index is 1.86. The highest BCUT2D eigenvalue weighted by molar-refractivity contribution is 7.99. The summed E-state index contributed by atoms with van der Waals surface area (Å²) >= 11 is 7.20. The number of amides is 1. The summed E-state index contributed by atoms with van der Waals surface area (Å²) in [4.78, 5) is 16.0. The molecule has 7 heteroatoms. The molecule has 2 rings (SSSR count). The number of nitrogens with one attached hydrogen (secondary N) is 1. The zero-order valence-corrected chi connectivity index (χ0v) is 12.3. The molecular weight excluding hydrogens is 318 g/mol. The van der Waals surface area contributed by atoms with Gasteiger partial charge in [0.15, 0.2) is 11.6 Å². The SMILES string of the molecule is O=C(NCCSc1ccccn1)c1cc(F)c(F)cc1Cl. The van der Waals surface area contributed by atoms with Gasteiger partial charge in [0.2, 0.25) is 0 Å². The Kier molecular flexibility index (Phi) is 5.52. The molecule has 1 heterocycles. The second-order valence-corrected chi connectivity index (χ2v) is 5.54. The van der Waals surface area contributed by atoms with E-state index < -0.39 is 17.5 Å². The van der Waals surface area contributed by atoms with Crippen LogP contribution in [0.1, 0.15) is 10.4 Å². The number of rotatable bonds is 5. The van der Waals surface area contributed by atoms with Crippen LogP contribution in [0.4, 0.5) is 8.78 Å². The normalized spacial score (nSPS) is 10.4. The van der Waals surface area contributed by atoms with Crippen LogP contribution in [0, 0.1) is 11.6 Å². The fraction of sp³-hybridized carbons (Fsp3) is 0.143. The van der Waals surface area contributed by atoms with Gasteiger partial charge < -0.3 is 5.32 Å². The van der Waals surface area contributed by atoms with Crippen molar-refractivity contribution in [2.24, 2.45) is 0 Å². The van der Waals surface area contributed by atoms with Crippen molar-refractivity contribution in [1.29, 1.82) is 0 Å². The maximum absolute atomic E-state index is 13.1. The fourth-order valence-electron chi connectivity index (χ4n) is 1.54. The molecule has 0 unspecified atom stereocenters. The molecule has 0 saturated heterocycles. The third-order valence-corrected chi connectivity index (χ3v) is 3.79. The molecule has 0 spiro atoms. The van der Waals surface area contributed by atoms with E-state index in [9.17, 15) is 13.6 Å². The Hall–Kier alpha value is -1.66. The van der Waals surface area contributed by atoms with Crippen molar-refractivity contribution in [3.05, 3.63) is 58.7 Å². The van der Waals surface area contributed by atoms with E-state index in [1.807, 2.05) is 18.2 Å². The number of halogens is 3. The van der Waals surface area contributed by atoms with E-state index in [0.717, 1.165) is 17.2 Å². The van der Waals surface area contributed by atoms with E-state index >= 15 is 0 Å². The molecule has 2 aromatic rings. The summed E-state index contributed by atoms with van der Waals surface area (Å²) in [7, 11) is 0. The van der Waals surface area contributed by atoms with Crippen LogP contribution >= 0.6 is 23.4 Å². The van der Waals surface area contributed by atoms with Gasteiger partial charge in [-0.1, -0.05) is 17.7 Å². The second-order valence-electron chi connectivity index (χ2n) is 4.02. The van der Waals surface area contributed by atoms with Gasteiger partial charge >= 0.3 is 0 Å². The lowest BCUT2D eigenvalue weighted by atomic mass is 10.2. The lowest BCUT2D eigenvalue weighted by molar-refractivity contribution is 0.0956. The molecular formula is C14H11ClF2N2OS. The number of thioether (sulfide) groups is 1. The van der Waals surface area contributed by atoms with Crippen molar-refractivity contribution >= 4 is 29.3 Å². The maximum Gasteiger partial charge on any atom is 0.252 e. The number of hydrogen-bond donors (Lipinski definition) is 1. The predicted octanol–water partition coefficient (Wildman–Crippen LogP) is 3.54. The van der Waals surface area contributed by atoms with Gasteiger partial charge in [-0.3, -0.25) is 4.79 Å². The highest BCUT2D eigenvalue weighted by atomic mass is 35.5. The van der Waals surface area contributed by atoms with Crippen LogP contribution < -0.4 is 5.32 Å². The lowest BCUT2D eigenvalue weighted by Gasteiger charge is -2.07. The Morgan fingerprint density at radius 1 is 1.29 bits per heavy atom. The average molecular weight is 329 g/mol. The maximum atomic E-state index is 13.1. The first-order valence-corrected chi connectivity index (χ1v) is 7.41. The van der Waals surface area contributed by atoms with Crippen LogP contribution in [0.2, 0.25) is 5.02 Å². The molecule has 1 aromatic carbocycles. The highest BCUT2D eigenvalue weighted by Crippen LogP contribution is 2.20. The molecule has 1 N–H and O–H groups in total. The minimum Gasteiger partial charge on any atom is -0.351 e. The van der Waals surface area contributed by atoms with E-state index in [-0.39, 0.29) is 10.6 Å². The van der Waals surface area contributed by atoms with Gasteiger partial charge in [-0.05, 0) is 24.3 Å². The van der Waals surface area contributed by atoms with Crippen molar-refractivity contribution < 1.29 is 13.6 Å². The topological polar surface area (TPSA) is 42.0 Å². The molecule has 1 amide bonds. The number of aromatic nitrogens is 1. The first-order valence-electron chi connectivity index (χ1n) is 6.04. The van der Waals surface area contributed by atoms with Gasteiger partial charge in [-0.2, -0.15) is 0 Å². The Labute approximate surface area is 129 Å². The van der Waals surface area contributed by atoms with E-state index in [1.165, 1.54) is 11.8 Å². The van der Waals surface area contributed by atoms with Crippen LogP contribution in [-0.2, 0) is 0 Å². The molecule has 0 aliphatic carbocycles. The number of carbonyl (C=O) groups excluding carboxylic acids is 1. The molecule has 21 heavy (non-hydrogen) atoms. The van der Waals surface area contributed by atoms with Crippen LogP contribution in [0.5, 0.6) is 0 Å². The fourth-order valence-corrected chi connectivity index (χ4v) is 2.50. The van der Waals surface area contributed by atoms with E-state index in [4.69, 9.17) is 11.6 Å². The van der Waals surface area contributed by atoms with Gasteiger partial charge in [0.25, 0.3) is 5.91 Å². The minimum absolute atomic E-state index is 0.0848. The standard InChI is InChI=1S/C14H11ClF2N2OS/c15-10-8-12(17)11(16)7-9(10)14(20)19-5-6-21-13-3-1-2-4-18-13/h1-4,7-8H,5-6H2,(H,19,20). The number of carbonyl (C=O) groups is 1. The Morgan fingerprint density at radius 3 is 2.76 bits per heavy atom. The van der Waals surface area contributed by atoms with Crippen molar-refractivity contribution in [1.82, 2.24) is 10.3 Å². The second kappa shape index (κ2) is 7.38. The summed E-state index contributed by atoms with van der Waals surface area (Å²) in [5.74, 6) is -2.13. The zero-order chi connectivity index (χ0) is 15.2. The van der Waals surface area contributed by atoms with Crippen molar-refractivity contribution in [3.8, 4) is 0 Å².